The van der Waals surface area contributed by atoms with E-state index in [-0.39, 0.29) is 16.5 Å². The molecule has 2 N–H and O–H groups in total. The first kappa shape index (κ1) is 14.2. The number of carboxylic acid groups (broad SMARTS) is 1. The Balaban J connectivity index is 2.21. The Morgan fingerprint density at radius 2 is 2.20 bits per heavy atom. The van der Waals surface area contributed by atoms with Gasteiger partial charge >= 0.3 is 12.1 Å². The minimum Gasteiger partial charge on any atom is -0.479 e. The van der Waals surface area contributed by atoms with E-state index < -0.39 is 23.2 Å². The number of aliphatic carboxylic acids is 1. The normalized spacial score (nSPS) is 13.2. The molecule has 7 nitrogen and oxygen atoms in total. The molecule has 11 heteroatoms. The molecule has 0 saturated carbocycles. The van der Waals surface area contributed by atoms with Gasteiger partial charge in [0, 0.05) is 18.8 Å². The number of halogens is 3. The number of carbonyl (C=O) groups is 1. The van der Waals surface area contributed by atoms with Crippen LogP contribution in [0.5, 0.6) is 0 Å². The summed E-state index contributed by atoms with van der Waals surface area (Å²) in [6, 6.07) is -1.25. The first-order valence-corrected chi connectivity index (χ1v) is 5.97. The second kappa shape index (κ2) is 5.07. The Bertz CT molecular complexity index is 623. The minimum atomic E-state index is -4.61. The highest BCUT2D eigenvalue weighted by atomic mass is 32.1. The minimum absolute atomic E-state index is 0.228. The fraction of sp³-hybridized carbons (Fsp3) is 0.333. The Hall–Kier alpha value is -2.17. The predicted octanol–water partition coefficient (Wildman–Crippen LogP) is 1.53. The van der Waals surface area contributed by atoms with Crippen molar-refractivity contribution in [3.8, 4) is 0 Å². The molecule has 0 aliphatic carbocycles. The lowest BCUT2D eigenvalue weighted by Gasteiger charge is -2.10. The van der Waals surface area contributed by atoms with Crippen LogP contribution in [-0.4, -0.2) is 31.1 Å². The Labute approximate surface area is 114 Å². The van der Waals surface area contributed by atoms with Gasteiger partial charge in [-0.2, -0.15) is 18.3 Å². The van der Waals surface area contributed by atoms with Crippen molar-refractivity contribution in [1.29, 1.82) is 0 Å². The van der Waals surface area contributed by atoms with Crippen molar-refractivity contribution in [2.75, 3.05) is 5.32 Å². The standard InChI is InChI=1S/C9H8F3N5O2S/c1-17-3-4(2-13-17)5(6(18)19)14-8-16-15-7(20-8)9(10,11)12/h2-3,5H,1H3,(H,14,16)(H,18,19). The first-order valence-electron chi connectivity index (χ1n) is 5.16. The van der Waals surface area contributed by atoms with Gasteiger partial charge in [0.15, 0.2) is 6.04 Å². The van der Waals surface area contributed by atoms with Crippen molar-refractivity contribution >= 4 is 22.4 Å². The van der Waals surface area contributed by atoms with Gasteiger partial charge in [0.05, 0.1) is 6.20 Å². The summed E-state index contributed by atoms with van der Waals surface area (Å²) in [6.45, 7) is 0. The molecule has 0 spiro atoms. The summed E-state index contributed by atoms with van der Waals surface area (Å²) in [5, 5.41) is 20.2. The number of aromatic nitrogens is 4. The number of hydrogen-bond acceptors (Lipinski definition) is 6. The highest BCUT2D eigenvalue weighted by Gasteiger charge is 2.36. The Kier molecular flexibility index (Phi) is 3.61. The van der Waals surface area contributed by atoms with Crippen molar-refractivity contribution in [1.82, 2.24) is 20.0 Å². The van der Waals surface area contributed by atoms with Crippen LogP contribution in [0.1, 0.15) is 16.6 Å². The highest BCUT2D eigenvalue weighted by Crippen LogP contribution is 2.34. The molecule has 2 aromatic heterocycles. The molecule has 0 aliphatic rings. The summed E-state index contributed by atoms with van der Waals surface area (Å²) in [5.41, 5.74) is 0.295. The van der Waals surface area contributed by atoms with Gasteiger partial charge in [0.2, 0.25) is 10.1 Å². The van der Waals surface area contributed by atoms with Crippen LogP contribution in [0, 0.1) is 0 Å². The molecule has 2 rings (SSSR count). The molecule has 0 radical (unpaired) electrons. The third-order valence-electron chi connectivity index (χ3n) is 2.24. The molecule has 20 heavy (non-hydrogen) atoms. The smallest absolute Gasteiger partial charge is 0.445 e. The lowest BCUT2D eigenvalue weighted by molar-refractivity contribution is -0.139. The summed E-state index contributed by atoms with van der Waals surface area (Å²) < 4.78 is 38.5. The number of rotatable bonds is 4. The van der Waals surface area contributed by atoms with Crippen molar-refractivity contribution in [3.05, 3.63) is 23.0 Å². The average Bonchev–Trinajstić information content (AvgIpc) is 2.93. The molecule has 108 valence electrons. The third kappa shape index (κ3) is 3.04. The molecular weight excluding hydrogens is 299 g/mol. The zero-order chi connectivity index (χ0) is 14.9. The van der Waals surface area contributed by atoms with E-state index in [9.17, 15) is 18.0 Å². The quantitative estimate of drug-likeness (QED) is 0.890. The maximum absolute atomic E-state index is 12.4. The third-order valence-corrected chi connectivity index (χ3v) is 3.14. The van der Waals surface area contributed by atoms with E-state index in [0.29, 0.717) is 5.56 Å². The predicted molar refractivity (Wildman–Crippen MR) is 62.1 cm³/mol. The Morgan fingerprint density at radius 3 is 2.65 bits per heavy atom. The second-order valence-corrected chi connectivity index (χ2v) is 4.75. The van der Waals surface area contributed by atoms with Crippen LogP contribution in [0.15, 0.2) is 12.4 Å². The van der Waals surface area contributed by atoms with Crippen LogP contribution in [0.2, 0.25) is 0 Å². The average molecular weight is 307 g/mol. The molecule has 1 atom stereocenters. The van der Waals surface area contributed by atoms with E-state index in [0.717, 1.165) is 0 Å². The van der Waals surface area contributed by atoms with E-state index in [1.807, 2.05) is 0 Å². The van der Waals surface area contributed by atoms with Crippen molar-refractivity contribution in [2.45, 2.75) is 12.2 Å². The summed E-state index contributed by atoms with van der Waals surface area (Å²) >= 11 is 0.238. The van der Waals surface area contributed by atoms with Gasteiger partial charge in [-0.15, -0.1) is 10.2 Å². The van der Waals surface area contributed by atoms with Crippen LogP contribution < -0.4 is 5.32 Å². The van der Waals surface area contributed by atoms with Crippen LogP contribution in [0.25, 0.3) is 0 Å². The number of nitrogens with zero attached hydrogens (tertiary/aromatic N) is 4. The SMILES string of the molecule is Cn1cc(C(Nc2nnc(C(F)(F)F)s2)C(=O)O)cn1. The van der Waals surface area contributed by atoms with E-state index >= 15 is 0 Å². The van der Waals surface area contributed by atoms with E-state index in [4.69, 9.17) is 5.11 Å². The fourth-order valence-electron chi connectivity index (χ4n) is 1.40. The summed E-state index contributed by atoms with van der Waals surface area (Å²) in [6.07, 6.45) is -1.86. The topological polar surface area (TPSA) is 92.9 Å². The van der Waals surface area contributed by atoms with Gasteiger partial charge in [-0.25, -0.2) is 4.79 Å². The maximum atomic E-state index is 12.4. The largest absolute Gasteiger partial charge is 0.479 e. The zero-order valence-electron chi connectivity index (χ0n) is 9.92. The van der Waals surface area contributed by atoms with Gasteiger partial charge in [-0.3, -0.25) is 4.68 Å². The summed E-state index contributed by atoms with van der Waals surface area (Å²) in [5.74, 6) is -1.26. The number of hydrogen-bond donors (Lipinski definition) is 2. The van der Waals surface area contributed by atoms with Gasteiger partial charge in [0.1, 0.15) is 0 Å². The lowest BCUT2D eigenvalue weighted by atomic mass is 10.2. The van der Waals surface area contributed by atoms with E-state index in [2.05, 4.69) is 20.6 Å². The highest BCUT2D eigenvalue weighted by molar-refractivity contribution is 7.15. The van der Waals surface area contributed by atoms with Crippen molar-refractivity contribution in [2.24, 2.45) is 7.05 Å². The van der Waals surface area contributed by atoms with Gasteiger partial charge < -0.3 is 10.4 Å². The molecule has 1 unspecified atom stereocenters. The monoisotopic (exact) mass is 307 g/mol. The zero-order valence-corrected chi connectivity index (χ0v) is 10.7. The summed E-state index contributed by atoms with van der Waals surface area (Å²) in [7, 11) is 1.59. The summed E-state index contributed by atoms with van der Waals surface area (Å²) in [4.78, 5) is 11.2. The number of aryl methyl sites for hydroxylation is 1. The number of carboxylic acids is 1. The molecule has 0 aromatic carbocycles. The number of nitrogens with one attached hydrogen (secondary N) is 1. The molecule has 2 heterocycles. The first-order chi connectivity index (χ1) is 9.27. The van der Waals surface area contributed by atoms with Crippen LogP contribution >= 0.6 is 11.3 Å². The fourth-order valence-corrected chi connectivity index (χ4v) is 2.04. The van der Waals surface area contributed by atoms with Crippen LogP contribution in [0.3, 0.4) is 0 Å². The van der Waals surface area contributed by atoms with Gasteiger partial charge in [0.25, 0.3) is 0 Å². The maximum Gasteiger partial charge on any atom is 0.445 e. The van der Waals surface area contributed by atoms with E-state index in [1.165, 1.54) is 17.1 Å². The number of anilines is 1. The number of alkyl halides is 3. The second-order valence-electron chi connectivity index (χ2n) is 3.77. The molecule has 0 amide bonds. The lowest BCUT2D eigenvalue weighted by Crippen LogP contribution is -2.20. The Morgan fingerprint density at radius 1 is 1.50 bits per heavy atom. The van der Waals surface area contributed by atoms with Crippen molar-refractivity contribution in [3.63, 3.8) is 0 Å². The van der Waals surface area contributed by atoms with Crippen LogP contribution in [0.4, 0.5) is 18.3 Å². The molecule has 0 aliphatic heterocycles. The van der Waals surface area contributed by atoms with Gasteiger partial charge in [-0.05, 0) is 0 Å². The molecule has 0 saturated heterocycles. The van der Waals surface area contributed by atoms with E-state index in [1.54, 1.807) is 7.05 Å². The van der Waals surface area contributed by atoms with Crippen molar-refractivity contribution < 1.29 is 23.1 Å². The van der Waals surface area contributed by atoms with Gasteiger partial charge in [-0.1, -0.05) is 11.3 Å². The molecule has 2 aromatic rings. The molecular formula is C9H8F3N5O2S. The van der Waals surface area contributed by atoms with Crippen LogP contribution in [-0.2, 0) is 18.0 Å². The molecule has 0 fully saturated rings. The molecule has 0 bridgehead atoms.